The van der Waals surface area contributed by atoms with E-state index in [0.717, 1.165) is 44.4 Å². The van der Waals surface area contributed by atoms with Crippen LogP contribution in [-0.2, 0) is 6.54 Å². The topological polar surface area (TPSA) is 30.4 Å². The van der Waals surface area contributed by atoms with E-state index in [1.807, 2.05) is 30.5 Å². The van der Waals surface area contributed by atoms with Gasteiger partial charge in [-0.15, -0.1) is 0 Å². The van der Waals surface area contributed by atoms with Gasteiger partial charge in [-0.25, -0.2) is 0 Å². The van der Waals surface area contributed by atoms with Crippen LogP contribution in [0.2, 0.25) is 5.02 Å². The monoisotopic (exact) mass is 346 g/mol. The molecule has 0 unspecified atom stereocenters. The fourth-order valence-corrected chi connectivity index (χ4v) is 3.67. The van der Waals surface area contributed by atoms with E-state index in [9.17, 15) is 0 Å². The van der Waals surface area contributed by atoms with Gasteiger partial charge in [0.2, 0.25) is 0 Å². The van der Waals surface area contributed by atoms with Gasteiger partial charge >= 0.3 is 0 Å². The van der Waals surface area contributed by atoms with E-state index in [-0.39, 0.29) is 0 Å². The van der Waals surface area contributed by atoms with Gasteiger partial charge in [0.25, 0.3) is 0 Å². The maximum Gasteiger partial charge on any atom is 0.155 e. The summed E-state index contributed by atoms with van der Waals surface area (Å²) < 4.78 is 8.23. The van der Waals surface area contributed by atoms with Gasteiger partial charge in [-0.2, -0.15) is 0 Å². The minimum Gasteiger partial charge on any atom is -0.454 e. The number of furan rings is 1. The van der Waals surface area contributed by atoms with E-state index in [0.29, 0.717) is 6.54 Å². The van der Waals surface area contributed by atoms with Crippen molar-refractivity contribution in [1.82, 2.24) is 4.57 Å². The van der Waals surface area contributed by atoms with Crippen LogP contribution >= 0.6 is 11.6 Å². The van der Waals surface area contributed by atoms with Gasteiger partial charge in [0.05, 0.1) is 17.9 Å². The van der Waals surface area contributed by atoms with Crippen LogP contribution in [0.4, 0.5) is 0 Å². The van der Waals surface area contributed by atoms with Crippen LogP contribution in [0.15, 0.2) is 70.2 Å². The summed E-state index contributed by atoms with van der Waals surface area (Å²) in [6, 6.07) is 18.3. The Morgan fingerprint density at radius 1 is 1.08 bits per heavy atom. The van der Waals surface area contributed by atoms with Crippen LogP contribution in [0, 0.1) is 6.92 Å². The van der Waals surface area contributed by atoms with Gasteiger partial charge in [0.15, 0.2) is 5.76 Å². The highest BCUT2D eigenvalue weighted by Gasteiger charge is 2.22. The predicted molar refractivity (Wildman–Crippen MR) is 101 cm³/mol. The molecule has 3 nitrogen and oxygen atoms in total. The van der Waals surface area contributed by atoms with E-state index >= 15 is 0 Å². The number of nitrogens with zero attached hydrogens (tertiary/aromatic N) is 2. The maximum absolute atomic E-state index is 6.42. The summed E-state index contributed by atoms with van der Waals surface area (Å²) in [5, 5.41) is 1.83. The minimum atomic E-state index is 0.530. The molecule has 0 radical (unpaired) electrons. The minimum absolute atomic E-state index is 0.530. The number of hydrogen-bond acceptors (Lipinski definition) is 2. The fraction of sp³-hybridized carbons (Fsp3) is 0.0952. The molecular weight excluding hydrogens is 332 g/mol. The van der Waals surface area contributed by atoms with Crippen LogP contribution in [-0.4, -0.2) is 10.3 Å². The van der Waals surface area contributed by atoms with E-state index in [4.69, 9.17) is 21.0 Å². The summed E-state index contributed by atoms with van der Waals surface area (Å²) in [6.45, 7) is 2.61. The predicted octanol–water partition coefficient (Wildman–Crippen LogP) is 5.54. The van der Waals surface area contributed by atoms with Crippen molar-refractivity contribution in [3.05, 3.63) is 88.4 Å². The first kappa shape index (κ1) is 14.6. The van der Waals surface area contributed by atoms with Crippen LogP contribution in [0.3, 0.4) is 0 Å². The van der Waals surface area contributed by atoms with E-state index in [1.54, 1.807) is 0 Å². The zero-order valence-electron chi connectivity index (χ0n) is 13.7. The highest BCUT2D eigenvalue weighted by molar-refractivity contribution is 6.31. The molecule has 0 bridgehead atoms. The highest BCUT2D eigenvalue weighted by atomic mass is 35.5. The molecule has 4 aromatic rings. The Hall–Kier alpha value is -2.78. The third kappa shape index (κ3) is 2.24. The second-order valence-electron chi connectivity index (χ2n) is 6.32. The lowest BCUT2D eigenvalue weighted by atomic mass is 10.1. The molecule has 1 aliphatic rings. The zero-order chi connectivity index (χ0) is 17.0. The number of halogens is 1. The molecule has 0 amide bonds. The average Bonchev–Trinajstić information content (AvgIpc) is 3.20. The number of rotatable bonds is 1. The number of hydrogen-bond donors (Lipinski definition) is 0. The molecule has 0 saturated heterocycles. The Labute approximate surface area is 150 Å². The first-order chi connectivity index (χ1) is 12.2. The molecule has 25 heavy (non-hydrogen) atoms. The molecule has 2 aromatic heterocycles. The molecule has 0 atom stereocenters. The summed E-state index contributed by atoms with van der Waals surface area (Å²) in [4.78, 5) is 4.84. The number of benzene rings is 2. The van der Waals surface area contributed by atoms with Gasteiger partial charge in [-0.3, -0.25) is 4.99 Å². The molecule has 122 valence electrons. The maximum atomic E-state index is 6.42. The molecule has 0 saturated carbocycles. The van der Waals surface area contributed by atoms with Crippen LogP contribution < -0.4 is 0 Å². The Bertz CT molecular complexity index is 1150. The van der Waals surface area contributed by atoms with Crippen molar-refractivity contribution >= 4 is 28.3 Å². The van der Waals surface area contributed by atoms with Gasteiger partial charge in [0, 0.05) is 22.2 Å². The lowest BCUT2D eigenvalue weighted by Crippen LogP contribution is -2.07. The van der Waals surface area contributed by atoms with Crippen molar-refractivity contribution < 1.29 is 4.42 Å². The molecule has 0 aliphatic carbocycles. The second kappa shape index (κ2) is 5.36. The van der Waals surface area contributed by atoms with Crippen LogP contribution in [0.5, 0.6) is 0 Å². The van der Waals surface area contributed by atoms with E-state index in [1.165, 1.54) is 5.56 Å². The van der Waals surface area contributed by atoms with Crippen molar-refractivity contribution in [2.24, 2.45) is 4.99 Å². The first-order valence-corrected chi connectivity index (χ1v) is 8.59. The SMILES string of the molecule is Cc1ccc2oc(C3=NCc4c(Cl)cccc4-n4cccc43)cc2c1. The van der Waals surface area contributed by atoms with Gasteiger partial charge in [-0.05, 0) is 49.4 Å². The Balaban J connectivity index is 1.73. The van der Waals surface area contributed by atoms with Crippen molar-refractivity contribution in [3.8, 4) is 5.69 Å². The first-order valence-electron chi connectivity index (χ1n) is 8.21. The number of aryl methyl sites for hydroxylation is 1. The summed E-state index contributed by atoms with van der Waals surface area (Å²) in [5.41, 5.74) is 6.05. The van der Waals surface area contributed by atoms with Crippen molar-refractivity contribution in [2.75, 3.05) is 0 Å². The number of aromatic nitrogens is 1. The molecule has 0 spiro atoms. The average molecular weight is 347 g/mol. The summed E-state index contributed by atoms with van der Waals surface area (Å²) in [7, 11) is 0. The van der Waals surface area contributed by atoms with Crippen molar-refractivity contribution in [3.63, 3.8) is 0 Å². The third-order valence-corrected chi connectivity index (χ3v) is 5.00. The second-order valence-corrected chi connectivity index (χ2v) is 6.72. The van der Waals surface area contributed by atoms with Crippen molar-refractivity contribution in [1.29, 1.82) is 0 Å². The van der Waals surface area contributed by atoms with Crippen LogP contribution in [0.1, 0.15) is 22.6 Å². The normalized spacial score (nSPS) is 13.3. The Morgan fingerprint density at radius 3 is 2.92 bits per heavy atom. The lowest BCUT2D eigenvalue weighted by Gasteiger charge is -2.10. The molecule has 1 aliphatic heterocycles. The standard InChI is InChI=1S/C21H15ClN2O/c1-13-7-8-19-14(10-13)11-20(25-19)21-18-6-3-9-24(18)17-5-2-4-16(22)15(17)12-23-21/h2-11H,12H2,1H3. The largest absolute Gasteiger partial charge is 0.454 e. The van der Waals surface area contributed by atoms with Gasteiger partial charge in [0.1, 0.15) is 11.3 Å². The molecule has 2 aromatic carbocycles. The van der Waals surface area contributed by atoms with E-state index in [2.05, 4.69) is 41.8 Å². The van der Waals surface area contributed by atoms with Crippen LogP contribution in [0.25, 0.3) is 16.7 Å². The summed E-state index contributed by atoms with van der Waals surface area (Å²) >= 11 is 6.42. The summed E-state index contributed by atoms with van der Waals surface area (Å²) in [6.07, 6.45) is 2.04. The summed E-state index contributed by atoms with van der Waals surface area (Å²) in [5.74, 6) is 0.782. The number of aliphatic imine (C=N–C) groups is 1. The highest BCUT2D eigenvalue weighted by Crippen LogP contribution is 2.31. The molecule has 4 heteroatoms. The lowest BCUT2D eigenvalue weighted by molar-refractivity contribution is 0.604. The van der Waals surface area contributed by atoms with Crippen molar-refractivity contribution in [2.45, 2.75) is 13.5 Å². The van der Waals surface area contributed by atoms with Gasteiger partial charge in [-0.1, -0.05) is 29.3 Å². The third-order valence-electron chi connectivity index (χ3n) is 4.65. The molecular formula is C21H15ClN2O. The Kier molecular flexibility index (Phi) is 3.12. The Morgan fingerprint density at radius 2 is 2.00 bits per heavy atom. The fourth-order valence-electron chi connectivity index (χ4n) is 3.44. The van der Waals surface area contributed by atoms with E-state index < -0.39 is 0 Å². The van der Waals surface area contributed by atoms with Gasteiger partial charge < -0.3 is 8.98 Å². The zero-order valence-corrected chi connectivity index (χ0v) is 14.4. The smallest absolute Gasteiger partial charge is 0.155 e. The molecule has 5 rings (SSSR count). The quantitative estimate of drug-likeness (QED) is 0.445. The number of fused-ring (bicyclic) bond motifs is 4. The molecule has 0 fully saturated rings. The molecule has 0 N–H and O–H groups in total. The molecule has 3 heterocycles.